The van der Waals surface area contributed by atoms with Gasteiger partial charge in [0.1, 0.15) is 0 Å². The van der Waals surface area contributed by atoms with E-state index in [1.165, 1.54) is 7.11 Å². The topological polar surface area (TPSA) is 47.9 Å². The predicted octanol–water partition coefficient (Wildman–Crippen LogP) is 2.40. The maximum atomic E-state index is 11.5. The van der Waals surface area contributed by atoms with Crippen LogP contribution in [0.15, 0.2) is 29.4 Å². The first-order chi connectivity index (χ1) is 8.07. The van der Waals surface area contributed by atoms with E-state index in [1.807, 2.05) is 18.2 Å². The van der Waals surface area contributed by atoms with Gasteiger partial charge >= 0.3 is 5.97 Å². The molecule has 5 heteroatoms. The number of benzene rings is 1. The molecule has 0 radical (unpaired) electrons. The van der Waals surface area contributed by atoms with Gasteiger partial charge in [-0.3, -0.25) is 0 Å². The summed E-state index contributed by atoms with van der Waals surface area (Å²) in [5.74, 6) is -0.441. The fraction of sp³-hybridized carbons (Fsp3) is 0.333. The second-order valence-electron chi connectivity index (χ2n) is 4.01. The lowest BCUT2D eigenvalue weighted by atomic mass is 9.96. The lowest BCUT2D eigenvalue weighted by Gasteiger charge is -2.17. The Kier molecular flexibility index (Phi) is 3.07. The lowest BCUT2D eigenvalue weighted by molar-refractivity contribution is -0.164. The fourth-order valence-electron chi connectivity index (χ4n) is 1.70. The van der Waals surface area contributed by atoms with Crippen LogP contribution < -0.4 is 0 Å². The minimum atomic E-state index is -1.05. The molecule has 1 aliphatic heterocycles. The maximum absolute atomic E-state index is 11.5. The van der Waals surface area contributed by atoms with Crippen LogP contribution in [-0.4, -0.2) is 24.4 Å². The van der Waals surface area contributed by atoms with Crippen LogP contribution in [-0.2, 0) is 14.4 Å². The van der Waals surface area contributed by atoms with E-state index in [4.69, 9.17) is 16.4 Å². The average molecular weight is 254 g/mol. The minimum Gasteiger partial charge on any atom is -0.466 e. The summed E-state index contributed by atoms with van der Waals surface area (Å²) in [5.41, 5.74) is 0.383. The zero-order valence-corrected chi connectivity index (χ0v) is 10.3. The first-order valence-corrected chi connectivity index (χ1v) is 5.53. The van der Waals surface area contributed by atoms with Gasteiger partial charge in [0, 0.05) is 17.0 Å². The van der Waals surface area contributed by atoms with Gasteiger partial charge in [0.2, 0.25) is 5.60 Å². The van der Waals surface area contributed by atoms with Crippen molar-refractivity contribution in [1.29, 1.82) is 0 Å². The van der Waals surface area contributed by atoms with Crippen molar-refractivity contribution in [3.63, 3.8) is 0 Å². The summed E-state index contributed by atoms with van der Waals surface area (Å²) in [4.78, 5) is 16.7. The molecule has 0 aromatic heterocycles. The number of nitrogens with zero attached hydrogens (tertiary/aromatic N) is 1. The summed E-state index contributed by atoms with van der Waals surface area (Å²) in [6, 6.07) is 7.31. The monoisotopic (exact) mass is 253 g/mol. The number of esters is 1. The number of hydrogen-bond acceptors (Lipinski definition) is 4. The van der Waals surface area contributed by atoms with Gasteiger partial charge < -0.3 is 9.57 Å². The van der Waals surface area contributed by atoms with Crippen molar-refractivity contribution in [3.8, 4) is 0 Å². The van der Waals surface area contributed by atoms with Crippen molar-refractivity contribution in [2.45, 2.75) is 18.9 Å². The van der Waals surface area contributed by atoms with Crippen LogP contribution in [0.4, 0.5) is 0 Å². The first-order valence-electron chi connectivity index (χ1n) is 5.15. The molecule has 1 heterocycles. The van der Waals surface area contributed by atoms with E-state index < -0.39 is 11.6 Å². The van der Waals surface area contributed by atoms with Crippen LogP contribution in [0, 0.1) is 0 Å². The van der Waals surface area contributed by atoms with Gasteiger partial charge in [-0.2, -0.15) is 0 Å². The molecule has 0 aliphatic carbocycles. The summed E-state index contributed by atoms with van der Waals surface area (Å²) in [5, 5.41) is 4.51. The Morgan fingerprint density at radius 1 is 1.53 bits per heavy atom. The Morgan fingerprint density at radius 3 is 2.88 bits per heavy atom. The number of methoxy groups -OCH3 is 1. The molecule has 2 rings (SSSR count). The van der Waals surface area contributed by atoms with E-state index in [2.05, 4.69) is 9.89 Å². The molecular weight excluding hydrogens is 242 g/mol. The van der Waals surface area contributed by atoms with Crippen LogP contribution >= 0.6 is 11.6 Å². The van der Waals surface area contributed by atoms with Crippen molar-refractivity contribution in [2.24, 2.45) is 5.16 Å². The molecule has 0 unspecified atom stereocenters. The Morgan fingerprint density at radius 2 is 2.24 bits per heavy atom. The van der Waals surface area contributed by atoms with E-state index in [0.29, 0.717) is 17.2 Å². The molecule has 0 saturated heterocycles. The average Bonchev–Trinajstić information content (AvgIpc) is 2.72. The molecule has 0 amide bonds. The number of oxime groups is 1. The normalized spacial score (nSPS) is 22.9. The molecule has 17 heavy (non-hydrogen) atoms. The van der Waals surface area contributed by atoms with Crippen LogP contribution in [0.1, 0.15) is 18.9 Å². The SMILES string of the molecule is COC(=O)[C@]1(C)CC(c2ccccc2Cl)=NO1. The number of hydrogen-bond donors (Lipinski definition) is 0. The van der Waals surface area contributed by atoms with Gasteiger partial charge in [0.25, 0.3) is 0 Å². The van der Waals surface area contributed by atoms with Crippen LogP contribution in [0.3, 0.4) is 0 Å². The molecule has 0 saturated carbocycles. The first kappa shape index (κ1) is 11.9. The van der Waals surface area contributed by atoms with Crippen molar-refractivity contribution in [3.05, 3.63) is 34.9 Å². The van der Waals surface area contributed by atoms with Gasteiger partial charge in [-0.15, -0.1) is 0 Å². The molecule has 1 aliphatic rings. The molecule has 1 atom stereocenters. The van der Waals surface area contributed by atoms with E-state index >= 15 is 0 Å². The van der Waals surface area contributed by atoms with Gasteiger partial charge in [-0.1, -0.05) is 35.0 Å². The Hall–Kier alpha value is -1.55. The Bertz CT molecular complexity index is 486. The van der Waals surface area contributed by atoms with Crippen molar-refractivity contribution in [1.82, 2.24) is 0 Å². The number of carbonyl (C=O) groups is 1. The Balaban J connectivity index is 2.23. The second kappa shape index (κ2) is 4.37. The molecular formula is C12H12ClNO3. The molecule has 0 spiro atoms. The number of carbonyl (C=O) groups excluding carboxylic acids is 1. The third kappa shape index (κ3) is 2.13. The van der Waals surface area contributed by atoms with Crippen LogP contribution in [0.5, 0.6) is 0 Å². The molecule has 90 valence electrons. The van der Waals surface area contributed by atoms with Crippen LogP contribution in [0.25, 0.3) is 0 Å². The van der Waals surface area contributed by atoms with Gasteiger partial charge in [-0.05, 0) is 13.0 Å². The Labute approximate surface area is 104 Å². The van der Waals surface area contributed by atoms with E-state index in [0.717, 1.165) is 5.56 Å². The molecule has 0 N–H and O–H groups in total. The highest BCUT2D eigenvalue weighted by Crippen LogP contribution is 2.30. The quantitative estimate of drug-likeness (QED) is 0.761. The summed E-state index contributed by atoms with van der Waals surface area (Å²) in [6.45, 7) is 1.65. The number of ether oxygens (including phenoxy) is 1. The molecule has 1 aromatic carbocycles. The van der Waals surface area contributed by atoms with E-state index in [-0.39, 0.29) is 0 Å². The smallest absolute Gasteiger partial charge is 0.353 e. The zero-order chi connectivity index (χ0) is 12.5. The highest BCUT2D eigenvalue weighted by Gasteiger charge is 2.43. The summed E-state index contributed by atoms with van der Waals surface area (Å²) < 4.78 is 4.68. The highest BCUT2D eigenvalue weighted by molar-refractivity contribution is 6.34. The van der Waals surface area contributed by atoms with Gasteiger partial charge in [0.15, 0.2) is 0 Å². The lowest BCUT2D eigenvalue weighted by Crippen LogP contribution is -2.36. The molecule has 4 nitrogen and oxygen atoms in total. The molecule has 0 fully saturated rings. The predicted molar refractivity (Wildman–Crippen MR) is 64.1 cm³/mol. The largest absolute Gasteiger partial charge is 0.466 e. The fourth-order valence-corrected chi connectivity index (χ4v) is 1.95. The van der Waals surface area contributed by atoms with Crippen molar-refractivity contribution >= 4 is 23.3 Å². The third-order valence-electron chi connectivity index (χ3n) is 2.66. The second-order valence-corrected chi connectivity index (χ2v) is 4.42. The summed E-state index contributed by atoms with van der Waals surface area (Å²) in [7, 11) is 1.32. The van der Waals surface area contributed by atoms with Crippen LogP contribution in [0.2, 0.25) is 5.02 Å². The molecule has 1 aromatic rings. The summed E-state index contributed by atoms with van der Waals surface area (Å²) in [6.07, 6.45) is 0.351. The summed E-state index contributed by atoms with van der Waals surface area (Å²) >= 11 is 6.06. The standard InChI is InChI=1S/C12H12ClNO3/c1-12(11(15)16-2)7-10(14-17-12)8-5-3-4-6-9(8)13/h3-6H,7H2,1-2H3/t12-/m0/s1. The van der Waals surface area contributed by atoms with Crippen molar-refractivity contribution in [2.75, 3.05) is 7.11 Å². The molecule has 0 bridgehead atoms. The maximum Gasteiger partial charge on any atom is 0.353 e. The van der Waals surface area contributed by atoms with E-state index in [1.54, 1.807) is 13.0 Å². The number of rotatable bonds is 2. The minimum absolute atomic E-state index is 0.351. The van der Waals surface area contributed by atoms with Crippen molar-refractivity contribution < 1.29 is 14.4 Å². The highest BCUT2D eigenvalue weighted by atomic mass is 35.5. The van der Waals surface area contributed by atoms with Gasteiger partial charge in [-0.25, -0.2) is 4.79 Å². The number of halogens is 1. The van der Waals surface area contributed by atoms with Gasteiger partial charge in [0.05, 0.1) is 12.8 Å². The van der Waals surface area contributed by atoms with E-state index in [9.17, 15) is 4.79 Å². The third-order valence-corrected chi connectivity index (χ3v) is 2.99. The zero-order valence-electron chi connectivity index (χ0n) is 9.57.